The Morgan fingerprint density at radius 3 is 2.22 bits per heavy atom. The zero-order valence-electron chi connectivity index (χ0n) is 22.1. The summed E-state index contributed by atoms with van der Waals surface area (Å²) in [5.74, 6) is 1.87. The monoisotopic (exact) mass is 442 g/mol. The van der Waals surface area contributed by atoms with Crippen LogP contribution in [0.3, 0.4) is 0 Å². The molecule has 0 aromatic heterocycles. The van der Waals surface area contributed by atoms with Crippen LogP contribution < -0.4 is 0 Å². The molecule has 4 saturated carbocycles. The smallest absolute Gasteiger partial charge is 0.0594 e. The third-order valence-electron chi connectivity index (χ3n) is 13.1. The second-order valence-corrected chi connectivity index (χ2v) is 15.1. The van der Waals surface area contributed by atoms with E-state index in [-0.39, 0.29) is 22.3 Å². The van der Waals surface area contributed by atoms with Crippen LogP contribution in [0.5, 0.6) is 0 Å². The van der Waals surface area contributed by atoms with Gasteiger partial charge >= 0.3 is 0 Å². The largest absolute Gasteiger partial charge is 0.396 e. The number of hydrogen-bond acceptors (Lipinski definition) is 2. The predicted octanol–water partition coefficient (Wildman–Crippen LogP) is 7.14. The number of aliphatic hydroxyl groups excluding tert-OH is 2. The summed E-state index contributed by atoms with van der Waals surface area (Å²) in [5, 5.41) is 21.5. The van der Waals surface area contributed by atoms with Crippen molar-refractivity contribution in [2.24, 2.45) is 50.2 Å². The molecule has 8 atom stereocenters. The highest BCUT2D eigenvalue weighted by molar-refractivity contribution is 5.33. The first-order valence-corrected chi connectivity index (χ1v) is 13.8. The fourth-order valence-corrected chi connectivity index (χ4v) is 10.6. The fraction of sp³-hybridized carbons (Fsp3) is 0.933. The van der Waals surface area contributed by atoms with E-state index < -0.39 is 0 Å². The molecule has 0 aliphatic heterocycles. The van der Waals surface area contributed by atoms with Crippen LogP contribution in [0.4, 0.5) is 0 Å². The van der Waals surface area contributed by atoms with Crippen LogP contribution in [-0.2, 0) is 0 Å². The molecular formula is C30H50O2. The van der Waals surface area contributed by atoms with Crippen molar-refractivity contribution in [3.63, 3.8) is 0 Å². The lowest BCUT2D eigenvalue weighted by atomic mass is 9.33. The molecule has 5 aliphatic rings. The molecule has 0 spiro atoms. The van der Waals surface area contributed by atoms with E-state index in [0.29, 0.717) is 40.6 Å². The van der Waals surface area contributed by atoms with Gasteiger partial charge in [-0.15, -0.1) is 0 Å². The first-order valence-electron chi connectivity index (χ1n) is 13.8. The van der Waals surface area contributed by atoms with Crippen LogP contribution in [-0.4, -0.2) is 22.9 Å². The molecule has 4 fully saturated rings. The van der Waals surface area contributed by atoms with Gasteiger partial charge < -0.3 is 10.2 Å². The summed E-state index contributed by atoms with van der Waals surface area (Å²) in [6, 6.07) is 0. The molecule has 32 heavy (non-hydrogen) atoms. The van der Waals surface area contributed by atoms with Gasteiger partial charge in [-0.3, -0.25) is 0 Å². The molecule has 182 valence electrons. The molecule has 0 aromatic rings. The normalized spacial score (nSPS) is 53.8. The van der Waals surface area contributed by atoms with Crippen molar-refractivity contribution in [2.45, 2.75) is 119 Å². The summed E-state index contributed by atoms with van der Waals surface area (Å²) < 4.78 is 0. The van der Waals surface area contributed by atoms with Crippen LogP contribution in [0.2, 0.25) is 0 Å². The summed E-state index contributed by atoms with van der Waals surface area (Å²) in [4.78, 5) is 0. The first-order chi connectivity index (χ1) is 14.8. The molecule has 0 bridgehead atoms. The Morgan fingerprint density at radius 2 is 1.53 bits per heavy atom. The van der Waals surface area contributed by atoms with Crippen molar-refractivity contribution in [1.29, 1.82) is 0 Å². The zero-order chi connectivity index (χ0) is 23.4. The summed E-state index contributed by atoms with van der Waals surface area (Å²) in [5.41, 5.74) is 3.16. The van der Waals surface area contributed by atoms with E-state index in [1.165, 1.54) is 57.8 Å². The average Bonchev–Trinajstić information content (AvgIpc) is 2.71. The van der Waals surface area contributed by atoms with E-state index in [1.54, 1.807) is 5.57 Å². The Kier molecular flexibility index (Phi) is 5.02. The Balaban J connectivity index is 1.58. The van der Waals surface area contributed by atoms with Crippen molar-refractivity contribution in [3.05, 3.63) is 11.6 Å². The lowest BCUT2D eigenvalue weighted by molar-refractivity contribution is -0.204. The van der Waals surface area contributed by atoms with E-state index in [0.717, 1.165) is 6.42 Å². The molecule has 0 aromatic carbocycles. The van der Waals surface area contributed by atoms with Gasteiger partial charge in [-0.25, -0.2) is 0 Å². The number of rotatable bonds is 1. The van der Waals surface area contributed by atoms with Crippen molar-refractivity contribution in [2.75, 3.05) is 6.61 Å². The minimum atomic E-state index is -0.153. The van der Waals surface area contributed by atoms with Gasteiger partial charge in [0.25, 0.3) is 0 Å². The van der Waals surface area contributed by atoms with E-state index in [1.807, 2.05) is 0 Å². The lowest BCUT2D eigenvalue weighted by Gasteiger charge is -2.71. The second kappa shape index (κ2) is 6.87. The van der Waals surface area contributed by atoms with Crippen molar-refractivity contribution >= 4 is 0 Å². The third-order valence-corrected chi connectivity index (χ3v) is 13.1. The van der Waals surface area contributed by atoms with Crippen LogP contribution >= 0.6 is 0 Å². The summed E-state index contributed by atoms with van der Waals surface area (Å²) >= 11 is 0. The molecule has 0 unspecified atom stereocenters. The second-order valence-electron chi connectivity index (χ2n) is 15.1. The minimum Gasteiger partial charge on any atom is -0.396 e. The molecule has 5 rings (SSSR count). The van der Waals surface area contributed by atoms with Crippen LogP contribution in [0, 0.1) is 50.2 Å². The minimum absolute atomic E-state index is 0.0191. The van der Waals surface area contributed by atoms with Crippen LogP contribution in [0.1, 0.15) is 113 Å². The van der Waals surface area contributed by atoms with Gasteiger partial charge in [0.05, 0.1) is 6.10 Å². The van der Waals surface area contributed by atoms with Gasteiger partial charge in [-0.05, 0) is 109 Å². The third kappa shape index (κ3) is 2.78. The predicted molar refractivity (Wildman–Crippen MR) is 132 cm³/mol. The molecular weight excluding hydrogens is 392 g/mol. The van der Waals surface area contributed by atoms with Gasteiger partial charge in [0, 0.05) is 12.0 Å². The molecule has 5 aliphatic carbocycles. The summed E-state index contributed by atoms with van der Waals surface area (Å²) in [6.45, 7) is 17.8. The Hall–Kier alpha value is -0.340. The molecule has 0 amide bonds. The maximum Gasteiger partial charge on any atom is 0.0594 e. The highest BCUT2D eigenvalue weighted by Crippen LogP contribution is 2.75. The Morgan fingerprint density at radius 1 is 0.844 bits per heavy atom. The van der Waals surface area contributed by atoms with Crippen molar-refractivity contribution in [1.82, 2.24) is 0 Å². The topological polar surface area (TPSA) is 40.5 Å². The molecule has 2 N–H and O–H groups in total. The van der Waals surface area contributed by atoms with E-state index in [2.05, 4.69) is 54.5 Å². The summed E-state index contributed by atoms with van der Waals surface area (Å²) in [6.07, 6.45) is 14.6. The number of fused-ring (bicyclic) bond motifs is 7. The molecule has 2 nitrogen and oxygen atoms in total. The lowest BCUT2D eigenvalue weighted by Crippen LogP contribution is -2.64. The molecule has 0 radical (unpaired) electrons. The number of hydrogen-bond donors (Lipinski definition) is 2. The van der Waals surface area contributed by atoms with Crippen LogP contribution in [0.15, 0.2) is 11.6 Å². The standard InChI is InChI=1S/C30H50O2/c1-25(2)14-16-30(19-31)17-15-28(6)20(21(30)18-25)8-9-23-27(5)12-11-24(32)26(3,4)22(27)10-13-29(23,28)7/h8,21-24,31-32H,9-19H2,1-7H3/t21-,22+,23+,24+,27+,28-,29-,30-/m1/s1. The Bertz CT molecular complexity index is 810. The van der Waals surface area contributed by atoms with E-state index in [9.17, 15) is 10.2 Å². The van der Waals surface area contributed by atoms with E-state index >= 15 is 0 Å². The first kappa shape index (κ1) is 23.4. The van der Waals surface area contributed by atoms with Gasteiger partial charge in [0.2, 0.25) is 0 Å². The van der Waals surface area contributed by atoms with Gasteiger partial charge in [0.1, 0.15) is 0 Å². The number of allylic oxidation sites excluding steroid dienone is 2. The van der Waals surface area contributed by atoms with Gasteiger partial charge in [-0.2, -0.15) is 0 Å². The average molecular weight is 443 g/mol. The molecule has 0 saturated heterocycles. The van der Waals surface area contributed by atoms with Gasteiger partial charge in [0.15, 0.2) is 0 Å². The number of aliphatic hydroxyl groups is 2. The van der Waals surface area contributed by atoms with Gasteiger partial charge in [-0.1, -0.05) is 60.1 Å². The van der Waals surface area contributed by atoms with Crippen LogP contribution in [0.25, 0.3) is 0 Å². The maximum atomic E-state index is 10.9. The highest BCUT2D eigenvalue weighted by Gasteiger charge is 2.68. The van der Waals surface area contributed by atoms with Crippen molar-refractivity contribution < 1.29 is 10.2 Å². The summed E-state index contributed by atoms with van der Waals surface area (Å²) in [7, 11) is 0. The maximum absolute atomic E-state index is 10.9. The fourth-order valence-electron chi connectivity index (χ4n) is 10.6. The molecule has 2 heteroatoms. The molecule has 0 heterocycles. The highest BCUT2D eigenvalue weighted by atomic mass is 16.3. The van der Waals surface area contributed by atoms with E-state index in [4.69, 9.17) is 0 Å². The Labute approximate surface area is 197 Å². The quantitative estimate of drug-likeness (QED) is 0.424. The zero-order valence-corrected chi connectivity index (χ0v) is 22.1. The SMILES string of the molecule is CC1(C)CC[C@]2(CO)CC[C@]3(C)C(=CC[C@H]4[C@@]5(C)CC[C@H](O)C(C)(C)[C@@H]5CC[C@]43C)[C@H]2C1. The van der Waals surface area contributed by atoms with Crippen molar-refractivity contribution in [3.8, 4) is 0 Å².